The molecule has 0 aliphatic heterocycles. The molecule has 38 heavy (non-hydrogen) atoms. The number of benzene rings is 2. The Labute approximate surface area is 229 Å². The zero-order valence-corrected chi connectivity index (χ0v) is 22.8. The van der Waals surface area contributed by atoms with Crippen LogP contribution in [0.2, 0.25) is 5.02 Å². The summed E-state index contributed by atoms with van der Waals surface area (Å²) in [6, 6.07) is 11.6. The Hall–Kier alpha value is -3.79. The van der Waals surface area contributed by atoms with Crippen LogP contribution in [-0.2, 0) is 9.47 Å². The molecule has 6 aromatic rings. The Morgan fingerprint density at radius 2 is 1.47 bits per heavy atom. The number of nitrogens with one attached hydrogen (secondary N) is 1. The Morgan fingerprint density at radius 1 is 0.868 bits per heavy atom. The number of nitrogens with zero attached hydrogens (tertiary/aromatic N) is 1. The molecule has 0 atom stereocenters. The molecule has 0 radical (unpaired) electrons. The highest BCUT2D eigenvalue weighted by atomic mass is 35.5. The van der Waals surface area contributed by atoms with Gasteiger partial charge in [0, 0.05) is 38.0 Å². The lowest BCUT2D eigenvalue weighted by atomic mass is 10.1. The first-order chi connectivity index (χ1) is 18.4. The van der Waals surface area contributed by atoms with Gasteiger partial charge in [-0.1, -0.05) is 11.6 Å². The summed E-state index contributed by atoms with van der Waals surface area (Å²) < 4.78 is 12.0. The van der Waals surface area contributed by atoms with Gasteiger partial charge >= 0.3 is 11.9 Å². The Kier molecular flexibility index (Phi) is 7.42. The van der Waals surface area contributed by atoms with E-state index in [1.165, 1.54) is 12.4 Å². The molecule has 10 heteroatoms. The van der Waals surface area contributed by atoms with Gasteiger partial charge in [-0.2, -0.15) is 0 Å². The summed E-state index contributed by atoms with van der Waals surface area (Å²) in [5.41, 5.74) is 1.59. The van der Waals surface area contributed by atoms with Crippen molar-refractivity contribution in [1.82, 2.24) is 9.97 Å². The summed E-state index contributed by atoms with van der Waals surface area (Å²) in [6.45, 7) is 4.04. The van der Waals surface area contributed by atoms with Gasteiger partial charge in [0.1, 0.15) is 5.56 Å². The monoisotopic (exact) mass is 564 g/mol. The lowest BCUT2D eigenvalue weighted by molar-refractivity contribution is 0.0516. The van der Waals surface area contributed by atoms with Crippen LogP contribution in [0.3, 0.4) is 0 Å². The predicted molar refractivity (Wildman–Crippen MR) is 154 cm³/mol. The number of H-pyrrole nitrogens is 1. The minimum Gasteiger partial charge on any atom is -0.462 e. The predicted octanol–water partition coefficient (Wildman–Crippen LogP) is 7.20. The van der Waals surface area contributed by atoms with E-state index in [-0.39, 0.29) is 17.6 Å². The highest BCUT2D eigenvalue weighted by Crippen LogP contribution is 2.35. The van der Waals surface area contributed by atoms with E-state index < -0.39 is 11.9 Å². The summed E-state index contributed by atoms with van der Waals surface area (Å²) in [4.78, 5) is 43.3. The van der Waals surface area contributed by atoms with Crippen LogP contribution >= 0.6 is 34.3 Å². The Morgan fingerprint density at radius 3 is 2.13 bits per heavy atom. The number of pyridine rings is 2. The number of carbonyl (C=O) groups excluding carboxylic acids is 2. The van der Waals surface area contributed by atoms with Gasteiger partial charge in [-0.3, -0.25) is 9.78 Å². The minimum absolute atomic E-state index is 0.0491. The van der Waals surface area contributed by atoms with Crippen molar-refractivity contribution in [2.45, 2.75) is 13.8 Å². The maximum atomic E-state index is 12.4. The smallest absolute Gasteiger partial charge is 0.343 e. The van der Waals surface area contributed by atoms with Crippen LogP contribution in [0.25, 0.3) is 42.0 Å². The molecular weight excluding hydrogens is 544 g/mol. The van der Waals surface area contributed by atoms with Crippen LogP contribution in [0, 0.1) is 0 Å². The molecule has 0 spiro atoms. The van der Waals surface area contributed by atoms with Crippen LogP contribution in [0.5, 0.6) is 0 Å². The van der Waals surface area contributed by atoms with Crippen LogP contribution in [0.15, 0.2) is 64.3 Å². The number of ether oxygens (including phenoxy) is 2. The second-order valence-electron chi connectivity index (χ2n) is 8.07. The summed E-state index contributed by atoms with van der Waals surface area (Å²) >= 11 is 9.57. The SMILES string of the molecule is CCOC(=O)c1c[nH]c2ccc3sccc3c2c1=O.CCOC(=O)c1cnc2ccc3sccc3c2c1Cl. The molecule has 0 unspecified atom stereocenters. The highest BCUT2D eigenvalue weighted by molar-refractivity contribution is 7.17. The standard InChI is InChI=1S/C14H10ClNO2S.C14H11NO3S/c1-2-18-14(17)9-7-16-10-3-4-11-8(5-6-19-11)12(10)13(9)15;1-2-18-14(17)9-7-15-10-3-4-11-8(5-6-19-11)12(10)13(9)16/h3-7H,2H2,1H3;3-7H,2H2,1H3,(H,15,16). The van der Waals surface area contributed by atoms with Crippen molar-refractivity contribution in [3.63, 3.8) is 0 Å². The van der Waals surface area contributed by atoms with Gasteiger partial charge < -0.3 is 14.5 Å². The molecule has 0 saturated carbocycles. The molecule has 192 valence electrons. The second-order valence-corrected chi connectivity index (χ2v) is 10.3. The van der Waals surface area contributed by atoms with Crippen molar-refractivity contribution in [2.75, 3.05) is 13.2 Å². The maximum Gasteiger partial charge on any atom is 0.343 e. The van der Waals surface area contributed by atoms with E-state index in [0.29, 0.717) is 22.6 Å². The second kappa shape index (κ2) is 10.9. The van der Waals surface area contributed by atoms with Gasteiger partial charge in [0.15, 0.2) is 0 Å². The largest absolute Gasteiger partial charge is 0.462 e. The lowest BCUT2D eigenvalue weighted by Gasteiger charge is -2.07. The number of carbonyl (C=O) groups is 2. The van der Waals surface area contributed by atoms with Crippen molar-refractivity contribution in [3.05, 3.63) is 85.9 Å². The van der Waals surface area contributed by atoms with E-state index in [2.05, 4.69) is 9.97 Å². The molecule has 0 bridgehead atoms. The van der Waals surface area contributed by atoms with E-state index in [0.717, 1.165) is 36.6 Å². The first-order valence-corrected chi connectivity index (χ1v) is 13.9. The molecule has 7 nitrogen and oxygen atoms in total. The number of thiophene rings is 2. The molecule has 6 rings (SSSR count). The topological polar surface area (TPSA) is 98.4 Å². The van der Waals surface area contributed by atoms with Gasteiger partial charge in [0.25, 0.3) is 0 Å². The normalized spacial score (nSPS) is 11.0. The number of hydrogen-bond acceptors (Lipinski definition) is 8. The number of hydrogen-bond donors (Lipinski definition) is 1. The third-order valence-electron chi connectivity index (χ3n) is 5.87. The molecule has 0 aliphatic carbocycles. The summed E-state index contributed by atoms with van der Waals surface area (Å²) in [6.07, 6.45) is 2.89. The molecule has 1 N–H and O–H groups in total. The van der Waals surface area contributed by atoms with Crippen LogP contribution in [-0.4, -0.2) is 35.1 Å². The van der Waals surface area contributed by atoms with E-state index in [9.17, 15) is 14.4 Å². The zero-order chi connectivity index (χ0) is 26.8. The first kappa shape index (κ1) is 25.8. The fourth-order valence-corrected chi connectivity index (χ4v) is 6.08. The molecule has 0 saturated heterocycles. The van der Waals surface area contributed by atoms with Crippen molar-refractivity contribution in [3.8, 4) is 0 Å². The van der Waals surface area contributed by atoms with Crippen molar-refractivity contribution in [2.24, 2.45) is 0 Å². The zero-order valence-electron chi connectivity index (χ0n) is 20.4. The van der Waals surface area contributed by atoms with Gasteiger partial charge in [-0.15, -0.1) is 22.7 Å². The molecule has 0 aliphatic rings. The number of fused-ring (bicyclic) bond motifs is 6. The van der Waals surface area contributed by atoms with Crippen molar-refractivity contribution < 1.29 is 19.1 Å². The highest BCUT2D eigenvalue weighted by Gasteiger charge is 2.17. The Balaban J connectivity index is 0.000000155. The van der Waals surface area contributed by atoms with E-state index in [4.69, 9.17) is 21.1 Å². The fraction of sp³-hybridized carbons (Fsp3) is 0.143. The summed E-state index contributed by atoms with van der Waals surface area (Å²) in [7, 11) is 0. The first-order valence-electron chi connectivity index (χ1n) is 11.7. The summed E-state index contributed by atoms with van der Waals surface area (Å²) in [5, 5.41) is 7.58. The van der Waals surface area contributed by atoms with Gasteiger partial charge in [0.05, 0.1) is 40.2 Å². The van der Waals surface area contributed by atoms with Gasteiger partial charge in [0.2, 0.25) is 5.43 Å². The maximum absolute atomic E-state index is 12.4. The van der Waals surface area contributed by atoms with Crippen LogP contribution in [0.4, 0.5) is 0 Å². The third kappa shape index (κ3) is 4.64. The quantitative estimate of drug-likeness (QED) is 0.227. The number of aromatic amines is 1. The van der Waals surface area contributed by atoms with Gasteiger partial charge in [-0.05, 0) is 61.0 Å². The Bertz CT molecular complexity index is 1890. The molecule has 2 aromatic carbocycles. The minimum atomic E-state index is -0.585. The van der Waals surface area contributed by atoms with E-state index in [1.54, 1.807) is 36.5 Å². The molecule has 0 fully saturated rings. The number of halogens is 1. The molecule has 4 heterocycles. The summed E-state index contributed by atoms with van der Waals surface area (Å²) in [5.74, 6) is -1.02. The van der Waals surface area contributed by atoms with E-state index >= 15 is 0 Å². The molecule has 0 amide bonds. The van der Waals surface area contributed by atoms with Crippen LogP contribution < -0.4 is 5.43 Å². The molecular formula is C28H21ClN2O5S2. The third-order valence-corrected chi connectivity index (χ3v) is 8.03. The fourth-order valence-electron chi connectivity index (χ4n) is 4.17. The van der Waals surface area contributed by atoms with Crippen molar-refractivity contribution >= 4 is 88.2 Å². The molecule has 4 aromatic heterocycles. The van der Waals surface area contributed by atoms with Crippen LogP contribution in [0.1, 0.15) is 34.6 Å². The number of rotatable bonds is 4. The van der Waals surface area contributed by atoms with Crippen molar-refractivity contribution in [1.29, 1.82) is 0 Å². The lowest BCUT2D eigenvalue weighted by Crippen LogP contribution is -2.18. The van der Waals surface area contributed by atoms with E-state index in [1.807, 2.05) is 47.2 Å². The number of esters is 2. The number of aromatic nitrogens is 2. The van der Waals surface area contributed by atoms with Gasteiger partial charge in [-0.25, -0.2) is 9.59 Å². The average Bonchev–Trinajstić information content (AvgIpc) is 3.59. The average molecular weight is 565 g/mol.